The summed E-state index contributed by atoms with van der Waals surface area (Å²) >= 11 is 0. The zero-order valence-corrected chi connectivity index (χ0v) is 10.9. The van der Waals surface area contributed by atoms with Gasteiger partial charge >= 0.3 is 5.97 Å². The van der Waals surface area contributed by atoms with Gasteiger partial charge in [-0.25, -0.2) is 14.8 Å². The van der Waals surface area contributed by atoms with Crippen molar-refractivity contribution in [2.45, 2.75) is 26.7 Å². The minimum absolute atomic E-state index is 0.346. The van der Waals surface area contributed by atoms with E-state index < -0.39 is 0 Å². The molecule has 0 aliphatic carbocycles. The molecule has 94 valence electrons. The van der Waals surface area contributed by atoms with Crippen molar-refractivity contribution in [3.8, 4) is 0 Å². The first kappa shape index (κ1) is 13.4. The van der Waals surface area contributed by atoms with Gasteiger partial charge < -0.3 is 9.64 Å². The third kappa shape index (κ3) is 3.41. The Labute approximate surface area is 102 Å². The molecule has 0 saturated carbocycles. The molecule has 0 unspecified atom stereocenters. The van der Waals surface area contributed by atoms with Crippen LogP contribution in [0.25, 0.3) is 0 Å². The highest BCUT2D eigenvalue weighted by atomic mass is 16.5. The van der Waals surface area contributed by atoms with Crippen LogP contribution in [0, 0.1) is 0 Å². The normalized spacial score (nSPS) is 10.1. The summed E-state index contributed by atoms with van der Waals surface area (Å²) in [6, 6.07) is 0. The van der Waals surface area contributed by atoms with Gasteiger partial charge in [0.15, 0.2) is 0 Å². The molecule has 5 nitrogen and oxygen atoms in total. The molecule has 1 aromatic rings. The average molecular weight is 237 g/mol. The molecule has 0 N–H and O–H groups in total. The SMILES string of the molecule is CCCc1nc(N(C)C)ncc1C(=O)OCC. The van der Waals surface area contributed by atoms with Crippen molar-refractivity contribution in [3.05, 3.63) is 17.5 Å². The van der Waals surface area contributed by atoms with Crippen LogP contribution in [0.3, 0.4) is 0 Å². The summed E-state index contributed by atoms with van der Waals surface area (Å²) in [7, 11) is 3.74. The molecule has 5 heteroatoms. The van der Waals surface area contributed by atoms with Crippen molar-refractivity contribution < 1.29 is 9.53 Å². The Morgan fingerprint density at radius 3 is 2.65 bits per heavy atom. The number of esters is 1. The molecule has 0 bridgehead atoms. The molecular formula is C12H19N3O2. The fraction of sp³-hybridized carbons (Fsp3) is 0.583. The lowest BCUT2D eigenvalue weighted by molar-refractivity contribution is 0.0524. The number of nitrogens with zero attached hydrogens (tertiary/aromatic N) is 3. The molecule has 1 heterocycles. The molecule has 0 atom stereocenters. The maximum Gasteiger partial charge on any atom is 0.341 e. The van der Waals surface area contributed by atoms with Gasteiger partial charge in [-0.1, -0.05) is 13.3 Å². The molecule has 0 spiro atoms. The van der Waals surface area contributed by atoms with Crippen molar-refractivity contribution in [2.75, 3.05) is 25.6 Å². The van der Waals surface area contributed by atoms with Crippen LogP contribution in [0.5, 0.6) is 0 Å². The van der Waals surface area contributed by atoms with Gasteiger partial charge in [-0.05, 0) is 13.3 Å². The lowest BCUT2D eigenvalue weighted by Crippen LogP contribution is -2.17. The molecule has 1 rings (SSSR count). The van der Waals surface area contributed by atoms with E-state index >= 15 is 0 Å². The van der Waals surface area contributed by atoms with Crippen LogP contribution in [0.1, 0.15) is 36.3 Å². The highest BCUT2D eigenvalue weighted by molar-refractivity contribution is 5.90. The van der Waals surface area contributed by atoms with Crippen molar-refractivity contribution in [1.82, 2.24) is 9.97 Å². The Morgan fingerprint density at radius 2 is 2.12 bits per heavy atom. The summed E-state index contributed by atoms with van der Waals surface area (Å²) in [5.74, 6) is 0.266. The van der Waals surface area contributed by atoms with Gasteiger partial charge in [0, 0.05) is 20.3 Å². The molecule has 0 fully saturated rings. The van der Waals surface area contributed by atoms with Gasteiger partial charge in [0.25, 0.3) is 0 Å². The second kappa shape index (κ2) is 6.18. The first-order valence-electron chi connectivity index (χ1n) is 5.80. The topological polar surface area (TPSA) is 55.3 Å². The maximum absolute atomic E-state index is 11.7. The third-order valence-electron chi connectivity index (χ3n) is 2.24. The van der Waals surface area contributed by atoms with E-state index in [4.69, 9.17) is 4.74 Å². The molecular weight excluding hydrogens is 218 g/mol. The summed E-state index contributed by atoms with van der Waals surface area (Å²) in [5, 5.41) is 0. The van der Waals surface area contributed by atoms with Gasteiger partial charge in [0.1, 0.15) is 0 Å². The van der Waals surface area contributed by atoms with Gasteiger partial charge in [-0.2, -0.15) is 0 Å². The third-order valence-corrected chi connectivity index (χ3v) is 2.24. The number of carbonyl (C=O) groups excluding carboxylic acids is 1. The van der Waals surface area contributed by atoms with E-state index in [2.05, 4.69) is 9.97 Å². The second-order valence-corrected chi connectivity index (χ2v) is 3.90. The number of hydrogen-bond acceptors (Lipinski definition) is 5. The molecule has 1 aromatic heterocycles. The lowest BCUT2D eigenvalue weighted by Gasteiger charge is -2.13. The first-order chi connectivity index (χ1) is 8.10. The Morgan fingerprint density at radius 1 is 1.41 bits per heavy atom. The van der Waals surface area contributed by atoms with Crippen LogP contribution in [0.4, 0.5) is 5.95 Å². The zero-order chi connectivity index (χ0) is 12.8. The van der Waals surface area contributed by atoms with E-state index in [0.717, 1.165) is 18.5 Å². The average Bonchev–Trinajstić information content (AvgIpc) is 2.29. The number of aryl methyl sites for hydroxylation is 1. The summed E-state index contributed by atoms with van der Waals surface area (Å²) in [6.45, 7) is 4.19. The van der Waals surface area contributed by atoms with E-state index in [1.54, 1.807) is 13.1 Å². The van der Waals surface area contributed by atoms with Crippen molar-refractivity contribution in [1.29, 1.82) is 0 Å². The van der Waals surface area contributed by atoms with Crippen LogP contribution in [-0.4, -0.2) is 36.6 Å². The number of aromatic nitrogens is 2. The Balaban J connectivity index is 3.07. The van der Waals surface area contributed by atoms with Crippen molar-refractivity contribution >= 4 is 11.9 Å². The van der Waals surface area contributed by atoms with Gasteiger partial charge in [0.2, 0.25) is 5.95 Å². The minimum atomic E-state index is -0.346. The number of carbonyl (C=O) groups is 1. The highest BCUT2D eigenvalue weighted by Gasteiger charge is 2.15. The largest absolute Gasteiger partial charge is 0.462 e. The van der Waals surface area contributed by atoms with Crippen molar-refractivity contribution in [2.24, 2.45) is 0 Å². The number of rotatable bonds is 5. The van der Waals surface area contributed by atoms with E-state index in [9.17, 15) is 4.79 Å². The fourth-order valence-electron chi connectivity index (χ4n) is 1.43. The monoisotopic (exact) mass is 237 g/mol. The Bertz CT molecular complexity index is 391. The van der Waals surface area contributed by atoms with Crippen LogP contribution >= 0.6 is 0 Å². The molecule has 0 aliphatic rings. The summed E-state index contributed by atoms with van der Waals surface area (Å²) in [6.07, 6.45) is 3.22. The molecule has 0 aromatic carbocycles. The van der Waals surface area contributed by atoms with Gasteiger partial charge in [-0.3, -0.25) is 0 Å². The maximum atomic E-state index is 11.7. The Hall–Kier alpha value is -1.65. The molecule has 0 amide bonds. The number of anilines is 1. The quantitative estimate of drug-likeness (QED) is 0.729. The van der Waals surface area contributed by atoms with Crippen LogP contribution < -0.4 is 4.90 Å². The van der Waals surface area contributed by atoms with E-state index in [1.165, 1.54) is 0 Å². The zero-order valence-electron chi connectivity index (χ0n) is 10.9. The smallest absolute Gasteiger partial charge is 0.341 e. The predicted molar refractivity (Wildman–Crippen MR) is 66.3 cm³/mol. The summed E-state index contributed by atoms with van der Waals surface area (Å²) in [4.78, 5) is 22.0. The molecule has 17 heavy (non-hydrogen) atoms. The number of ether oxygens (including phenoxy) is 1. The second-order valence-electron chi connectivity index (χ2n) is 3.90. The predicted octanol–water partition coefficient (Wildman–Crippen LogP) is 1.67. The lowest BCUT2D eigenvalue weighted by atomic mass is 10.1. The molecule has 0 radical (unpaired) electrons. The van der Waals surface area contributed by atoms with Crippen LogP contribution in [0.2, 0.25) is 0 Å². The van der Waals surface area contributed by atoms with Crippen LogP contribution in [0.15, 0.2) is 6.20 Å². The van der Waals surface area contributed by atoms with E-state index in [-0.39, 0.29) is 5.97 Å². The number of hydrogen-bond donors (Lipinski definition) is 0. The molecule has 0 saturated heterocycles. The van der Waals surface area contributed by atoms with Crippen LogP contribution in [-0.2, 0) is 11.2 Å². The fourth-order valence-corrected chi connectivity index (χ4v) is 1.43. The van der Waals surface area contributed by atoms with Gasteiger partial charge in [0.05, 0.1) is 17.9 Å². The van der Waals surface area contributed by atoms with Gasteiger partial charge in [-0.15, -0.1) is 0 Å². The molecule has 0 aliphatic heterocycles. The first-order valence-corrected chi connectivity index (χ1v) is 5.80. The van der Waals surface area contributed by atoms with Crippen molar-refractivity contribution in [3.63, 3.8) is 0 Å². The standard InChI is InChI=1S/C12H19N3O2/c1-5-7-10-9(11(16)17-6-2)8-13-12(14-10)15(3)4/h8H,5-7H2,1-4H3. The summed E-state index contributed by atoms with van der Waals surface area (Å²) in [5.41, 5.74) is 1.23. The Kier molecular flexibility index (Phi) is 4.87. The minimum Gasteiger partial charge on any atom is -0.462 e. The van der Waals surface area contributed by atoms with E-state index in [0.29, 0.717) is 18.1 Å². The van der Waals surface area contributed by atoms with E-state index in [1.807, 2.05) is 25.9 Å². The highest BCUT2D eigenvalue weighted by Crippen LogP contribution is 2.13. The summed E-state index contributed by atoms with van der Waals surface area (Å²) < 4.78 is 4.98.